The Morgan fingerprint density at radius 1 is 1.06 bits per heavy atom. The van der Waals surface area contributed by atoms with E-state index in [0.29, 0.717) is 6.04 Å². The topological polar surface area (TPSA) is 49.3 Å². The van der Waals surface area contributed by atoms with Crippen molar-refractivity contribution in [3.63, 3.8) is 0 Å². The zero-order valence-electron chi connectivity index (χ0n) is 10.5. The van der Waals surface area contributed by atoms with Gasteiger partial charge in [0.05, 0.1) is 0 Å². The zero-order valence-corrected chi connectivity index (χ0v) is 10.5. The van der Waals surface area contributed by atoms with Crippen LogP contribution >= 0.6 is 0 Å². The Balaban J connectivity index is 1.73. The predicted octanol–water partition coefficient (Wildman–Crippen LogP) is 2.86. The first-order chi connectivity index (χ1) is 8.24. The van der Waals surface area contributed by atoms with Crippen LogP contribution in [0.15, 0.2) is 11.6 Å². The highest BCUT2D eigenvalue weighted by molar-refractivity contribution is 5.80. The molecule has 0 aromatic carbocycles. The van der Waals surface area contributed by atoms with Gasteiger partial charge in [-0.25, -0.2) is 4.79 Å². The maximum absolute atomic E-state index is 10.6. The van der Waals surface area contributed by atoms with Crippen LogP contribution in [0, 0.1) is 0 Å². The van der Waals surface area contributed by atoms with Crippen LogP contribution in [0.5, 0.6) is 0 Å². The Hall–Kier alpha value is -0.830. The van der Waals surface area contributed by atoms with Gasteiger partial charge in [-0.05, 0) is 38.5 Å². The molecule has 0 radical (unpaired) electrons. The average Bonchev–Trinajstić information content (AvgIpc) is 2.32. The second-order valence-electron chi connectivity index (χ2n) is 5.42. The highest BCUT2D eigenvalue weighted by Crippen LogP contribution is 2.25. The van der Waals surface area contributed by atoms with Crippen molar-refractivity contribution in [1.29, 1.82) is 0 Å². The summed E-state index contributed by atoms with van der Waals surface area (Å²) >= 11 is 0. The molecule has 3 heteroatoms. The number of carboxylic acid groups (broad SMARTS) is 1. The van der Waals surface area contributed by atoms with Crippen molar-refractivity contribution < 1.29 is 9.90 Å². The summed E-state index contributed by atoms with van der Waals surface area (Å²) in [5, 5.41) is 12.5. The van der Waals surface area contributed by atoms with Gasteiger partial charge in [-0.15, -0.1) is 0 Å². The lowest BCUT2D eigenvalue weighted by molar-refractivity contribution is -0.131. The molecule has 17 heavy (non-hydrogen) atoms. The van der Waals surface area contributed by atoms with Gasteiger partial charge >= 0.3 is 5.97 Å². The molecule has 2 fully saturated rings. The molecule has 2 saturated carbocycles. The number of allylic oxidation sites excluding steroid dienone is 1. The van der Waals surface area contributed by atoms with Crippen molar-refractivity contribution in [3.05, 3.63) is 11.6 Å². The Bertz CT molecular complexity index is 283. The van der Waals surface area contributed by atoms with Gasteiger partial charge in [-0.3, -0.25) is 0 Å². The number of hydrogen-bond donors (Lipinski definition) is 2. The van der Waals surface area contributed by atoms with Gasteiger partial charge in [0, 0.05) is 18.2 Å². The highest BCUT2D eigenvalue weighted by Gasteiger charge is 2.21. The Morgan fingerprint density at radius 3 is 2.24 bits per heavy atom. The maximum atomic E-state index is 10.6. The van der Waals surface area contributed by atoms with Crippen LogP contribution in [-0.4, -0.2) is 23.2 Å². The van der Waals surface area contributed by atoms with Gasteiger partial charge in [-0.1, -0.05) is 24.8 Å². The number of nitrogens with one attached hydrogen (secondary N) is 1. The summed E-state index contributed by atoms with van der Waals surface area (Å²) in [5.74, 6) is -0.793. The molecular formula is C14H23NO2. The third kappa shape index (κ3) is 4.15. The van der Waals surface area contributed by atoms with E-state index in [4.69, 9.17) is 5.11 Å². The second kappa shape index (κ2) is 6.20. The van der Waals surface area contributed by atoms with E-state index >= 15 is 0 Å². The van der Waals surface area contributed by atoms with Crippen molar-refractivity contribution in [2.45, 2.75) is 69.9 Å². The van der Waals surface area contributed by atoms with Gasteiger partial charge in [-0.2, -0.15) is 0 Å². The van der Waals surface area contributed by atoms with Gasteiger partial charge in [0.25, 0.3) is 0 Å². The fourth-order valence-corrected chi connectivity index (χ4v) is 3.08. The molecule has 0 spiro atoms. The van der Waals surface area contributed by atoms with Crippen molar-refractivity contribution in [1.82, 2.24) is 5.32 Å². The summed E-state index contributed by atoms with van der Waals surface area (Å²) in [5.41, 5.74) is 1.11. The molecule has 3 nitrogen and oxygen atoms in total. The van der Waals surface area contributed by atoms with E-state index in [1.54, 1.807) is 0 Å². The summed E-state index contributed by atoms with van der Waals surface area (Å²) in [6.45, 7) is 0. The lowest BCUT2D eigenvalue weighted by Crippen LogP contribution is -2.40. The molecule has 0 aliphatic heterocycles. The average molecular weight is 237 g/mol. The van der Waals surface area contributed by atoms with E-state index in [9.17, 15) is 4.79 Å². The quantitative estimate of drug-likeness (QED) is 0.742. The molecule has 0 aromatic rings. The van der Waals surface area contributed by atoms with Crippen molar-refractivity contribution in [2.24, 2.45) is 0 Å². The molecule has 2 aliphatic rings. The van der Waals surface area contributed by atoms with Gasteiger partial charge < -0.3 is 10.4 Å². The fraction of sp³-hybridized carbons (Fsp3) is 0.786. The molecule has 0 unspecified atom stereocenters. The predicted molar refractivity (Wildman–Crippen MR) is 68.0 cm³/mol. The van der Waals surface area contributed by atoms with Crippen LogP contribution in [0.2, 0.25) is 0 Å². The van der Waals surface area contributed by atoms with Gasteiger partial charge in [0.1, 0.15) is 0 Å². The zero-order chi connectivity index (χ0) is 12.1. The third-order valence-electron chi connectivity index (χ3n) is 4.03. The lowest BCUT2D eigenvalue weighted by Gasteiger charge is -2.31. The summed E-state index contributed by atoms with van der Waals surface area (Å²) < 4.78 is 0. The summed E-state index contributed by atoms with van der Waals surface area (Å²) in [7, 11) is 0. The normalized spacial score (nSPS) is 26.8. The van der Waals surface area contributed by atoms with Gasteiger partial charge in [0.15, 0.2) is 0 Å². The molecule has 0 aromatic heterocycles. The van der Waals surface area contributed by atoms with E-state index in [0.717, 1.165) is 37.3 Å². The molecule has 0 amide bonds. The molecule has 0 heterocycles. The molecule has 0 saturated heterocycles. The second-order valence-corrected chi connectivity index (χ2v) is 5.42. The number of aliphatic carboxylic acids is 1. The van der Waals surface area contributed by atoms with Crippen molar-refractivity contribution in [2.75, 3.05) is 0 Å². The summed E-state index contributed by atoms with van der Waals surface area (Å²) in [6.07, 6.45) is 12.3. The van der Waals surface area contributed by atoms with Crippen molar-refractivity contribution in [3.8, 4) is 0 Å². The Morgan fingerprint density at radius 2 is 1.65 bits per heavy atom. The highest BCUT2D eigenvalue weighted by atomic mass is 16.4. The number of carbonyl (C=O) groups is 1. The minimum atomic E-state index is -0.793. The van der Waals surface area contributed by atoms with Crippen LogP contribution in [0.1, 0.15) is 57.8 Å². The van der Waals surface area contributed by atoms with E-state index in [1.807, 2.05) is 0 Å². The number of rotatable bonds is 3. The molecule has 2 rings (SSSR count). The number of hydrogen-bond acceptors (Lipinski definition) is 2. The monoisotopic (exact) mass is 237 g/mol. The van der Waals surface area contributed by atoms with Crippen LogP contribution < -0.4 is 5.32 Å². The lowest BCUT2D eigenvalue weighted by atomic mass is 9.88. The van der Waals surface area contributed by atoms with Gasteiger partial charge in [0.2, 0.25) is 0 Å². The first kappa shape index (κ1) is 12.6. The van der Waals surface area contributed by atoms with E-state index in [2.05, 4.69) is 5.32 Å². The number of carboxylic acids is 1. The Labute approximate surface area is 103 Å². The Kier molecular flexibility index (Phi) is 4.60. The van der Waals surface area contributed by atoms with E-state index in [1.165, 1.54) is 38.2 Å². The van der Waals surface area contributed by atoms with Crippen LogP contribution in [0.4, 0.5) is 0 Å². The molecule has 0 bridgehead atoms. The fourth-order valence-electron chi connectivity index (χ4n) is 3.08. The minimum absolute atomic E-state index is 0.615. The molecule has 96 valence electrons. The third-order valence-corrected chi connectivity index (χ3v) is 4.03. The molecule has 2 aliphatic carbocycles. The largest absolute Gasteiger partial charge is 0.478 e. The minimum Gasteiger partial charge on any atom is -0.478 e. The molecule has 2 N–H and O–H groups in total. The SMILES string of the molecule is O=C(O)C=C1CCC(NC2CCCCC2)CC1. The van der Waals surface area contributed by atoms with E-state index < -0.39 is 5.97 Å². The van der Waals surface area contributed by atoms with Crippen LogP contribution in [-0.2, 0) is 4.79 Å². The standard InChI is InChI=1S/C14H23NO2/c16-14(17)10-11-6-8-13(9-7-11)15-12-4-2-1-3-5-12/h10,12-13,15H,1-9H2,(H,16,17). The summed E-state index contributed by atoms with van der Waals surface area (Å²) in [4.78, 5) is 10.6. The van der Waals surface area contributed by atoms with Crippen molar-refractivity contribution >= 4 is 5.97 Å². The summed E-state index contributed by atoms with van der Waals surface area (Å²) in [6, 6.07) is 1.34. The molecular weight excluding hydrogens is 214 g/mol. The van der Waals surface area contributed by atoms with Crippen LogP contribution in [0.3, 0.4) is 0 Å². The maximum Gasteiger partial charge on any atom is 0.328 e. The van der Waals surface area contributed by atoms with E-state index in [-0.39, 0.29) is 0 Å². The smallest absolute Gasteiger partial charge is 0.328 e. The molecule has 0 atom stereocenters. The van der Waals surface area contributed by atoms with Crippen LogP contribution in [0.25, 0.3) is 0 Å². The first-order valence-electron chi connectivity index (χ1n) is 6.92. The first-order valence-corrected chi connectivity index (χ1v) is 6.92.